The molecule has 1 heterocycles. The standard InChI is InChI=1S/C42H44N2O5/c1-28-26-36(16-21-40(28)45)43-41(46)34-10-6-31(7-11-34)33-14-19-37(20-15-33)48-27-29-2-17-38(18-3-29)49-39-22-24-44(25-23-39)42(47)35-12-8-32(9-13-35)30-4-5-30/h2-3,6-8,10-12,14-21,26,30,32,35,39,45H,4-5,9,13,22-25,27H2,1H3,(H,43,46). The van der Waals surface area contributed by atoms with E-state index in [-0.39, 0.29) is 23.7 Å². The molecule has 3 aliphatic rings. The molecule has 1 saturated heterocycles. The average molecular weight is 657 g/mol. The van der Waals surface area contributed by atoms with Crippen LogP contribution < -0.4 is 14.8 Å². The van der Waals surface area contributed by atoms with Crippen LogP contribution in [0.4, 0.5) is 5.69 Å². The number of phenolic OH excluding ortho intramolecular Hbond substituents is 1. The number of carbonyl (C=O) groups excluding carboxylic acids is 2. The molecule has 2 unspecified atom stereocenters. The molecule has 0 spiro atoms. The Labute approximate surface area is 288 Å². The van der Waals surface area contributed by atoms with Crippen molar-refractivity contribution in [2.75, 3.05) is 18.4 Å². The van der Waals surface area contributed by atoms with Gasteiger partial charge in [-0.25, -0.2) is 0 Å². The molecular formula is C42H44N2O5. The third-order valence-corrected chi connectivity index (χ3v) is 10.1. The van der Waals surface area contributed by atoms with Crippen molar-refractivity contribution in [2.45, 2.75) is 58.2 Å². The Morgan fingerprint density at radius 1 is 0.776 bits per heavy atom. The highest BCUT2D eigenvalue weighted by atomic mass is 16.5. The Balaban J connectivity index is 0.841. The zero-order valence-electron chi connectivity index (χ0n) is 28.0. The lowest BCUT2D eigenvalue weighted by Crippen LogP contribution is -2.44. The molecule has 49 heavy (non-hydrogen) atoms. The molecular weight excluding hydrogens is 612 g/mol. The molecule has 2 aliphatic carbocycles. The lowest BCUT2D eigenvalue weighted by Gasteiger charge is -2.35. The van der Waals surface area contributed by atoms with E-state index >= 15 is 0 Å². The van der Waals surface area contributed by atoms with E-state index in [0.29, 0.717) is 35.2 Å². The number of hydrogen-bond acceptors (Lipinski definition) is 5. The van der Waals surface area contributed by atoms with Crippen molar-refractivity contribution in [3.63, 3.8) is 0 Å². The maximum atomic E-state index is 13.1. The summed E-state index contributed by atoms with van der Waals surface area (Å²) in [4.78, 5) is 27.8. The predicted octanol–water partition coefficient (Wildman–Crippen LogP) is 8.56. The van der Waals surface area contributed by atoms with Gasteiger partial charge in [-0.05, 0) is 121 Å². The minimum atomic E-state index is -0.206. The normalized spacial score (nSPS) is 19.3. The molecule has 7 heteroatoms. The summed E-state index contributed by atoms with van der Waals surface area (Å²) >= 11 is 0. The molecule has 4 aromatic carbocycles. The summed E-state index contributed by atoms with van der Waals surface area (Å²) in [6.45, 7) is 3.75. The van der Waals surface area contributed by atoms with Gasteiger partial charge < -0.3 is 24.8 Å². The van der Waals surface area contributed by atoms with Crippen molar-refractivity contribution in [2.24, 2.45) is 17.8 Å². The minimum Gasteiger partial charge on any atom is -0.508 e. The number of benzene rings is 4. The van der Waals surface area contributed by atoms with Crippen molar-refractivity contribution >= 4 is 17.5 Å². The molecule has 1 aliphatic heterocycles. The van der Waals surface area contributed by atoms with Crippen molar-refractivity contribution in [1.82, 2.24) is 4.90 Å². The van der Waals surface area contributed by atoms with Crippen LogP contribution in [0, 0.1) is 24.7 Å². The predicted molar refractivity (Wildman–Crippen MR) is 192 cm³/mol. The van der Waals surface area contributed by atoms with Crippen LogP contribution in [0.25, 0.3) is 11.1 Å². The zero-order valence-corrected chi connectivity index (χ0v) is 28.0. The fourth-order valence-corrected chi connectivity index (χ4v) is 6.91. The number of ether oxygens (including phenoxy) is 2. The smallest absolute Gasteiger partial charge is 0.255 e. The largest absolute Gasteiger partial charge is 0.508 e. The summed E-state index contributed by atoms with van der Waals surface area (Å²) in [6.07, 6.45) is 11.2. The van der Waals surface area contributed by atoms with Gasteiger partial charge in [0.15, 0.2) is 0 Å². The molecule has 1 saturated carbocycles. The number of hydrogen-bond donors (Lipinski definition) is 2. The third-order valence-electron chi connectivity index (χ3n) is 10.1. The molecule has 252 valence electrons. The number of aromatic hydroxyl groups is 1. The number of amides is 2. The lowest BCUT2D eigenvalue weighted by molar-refractivity contribution is -0.136. The number of anilines is 1. The molecule has 4 aromatic rings. The number of nitrogens with zero attached hydrogens (tertiary/aromatic N) is 1. The molecule has 0 radical (unpaired) electrons. The van der Waals surface area contributed by atoms with Gasteiger partial charge in [-0.3, -0.25) is 9.59 Å². The molecule has 2 atom stereocenters. The van der Waals surface area contributed by atoms with E-state index in [1.165, 1.54) is 12.8 Å². The van der Waals surface area contributed by atoms with Gasteiger partial charge in [-0.1, -0.05) is 48.6 Å². The van der Waals surface area contributed by atoms with Crippen LogP contribution in [0.3, 0.4) is 0 Å². The van der Waals surface area contributed by atoms with Gasteiger partial charge in [0.25, 0.3) is 5.91 Å². The number of aryl methyl sites for hydroxylation is 1. The van der Waals surface area contributed by atoms with Crippen molar-refractivity contribution in [3.8, 4) is 28.4 Å². The van der Waals surface area contributed by atoms with E-state index < -0.39 is 0 Å². The second-order valence-corrected chi connectivity index (χ2v) is 13.7. The van der Waals surface area contributed by atoms with Crippen LogP contribution in [0.15, 0.2) is 103 Å². The maximum absolute atomic E-state index is 13.1. The maximum Gasteiger partial charge on any atom is 0.255 e. The first kappa shape index (κ1) is 32.5. The first-order chi connectivity index (χ1) is 23.9. The second kappa shape index (κ2) is 14.6. The van der Waals surface area contributed by atoms with Gasteiger partial charge in [0.05, 0.1) is 5.92 Å². The number of nitrogens with one attached hydrogen (secondary N) is 1. The molecule has 7 rings (SSSR count). The van der Waals surface area contributed by atoms with Crippen molar-refractivity contribution in [1.29, 1.82) is 0 Å². The zero-order chi connectivity index (χ0) is 33.7. The molecule has 2 fully saturated rings. The van der Waals surface area contributed by atoms with E-state index in [0.717, 1.165) is 72.9 Å². The highest BCUT2D eigenvalue weighted by Gasteiger charge is 2.34. The summed E-state index contributed by atoms with van der Waals surface area (Å²) in [5.41, 5.74) is 4.97. The number of phenols is 1. The summed E-state index contributed by atoms with van der Waals surface area (Å²) in [7, 11) is 0. The van der Waals surface area contributed by atoms with Gasteiger partial charge >= 0.3 is 0 Å². The van der Waals surface area contributed by atoms with Crippen LogP contribution in [-0.4, -0.2) is 41.0 Å². The monoisotopic (exact) mass is 656 g/mol. The highest BCUT2D eigenvalue weighted by Crippen LogP contribution is 2.42. The number of piperidine rings is 1. The van der Waals surface area contributed by atoms with Crippen LogP contribution >= 0.6 is 0 Å². The van der Waals surface area contributed by atoms with Gasteiger partial charge in [-0.2, -0.15) is 0 Å². The third kappa shape index (κ3) is 8.16. The summed E-state index contributed by atoms with van der Waals surface area (Å²) in [6, 6.07) is 28.4. The number of likely N-dealkylation sites (tertiary alicyclic amines) is 1. The lowest BCUT2D eigenvalue weighted by atomic mass is 9.85. The van der Waals surface area contributed by atoms with Gasteiger partial charge in [-0.15, -0.1) is 0 Å². The molecule has 2 N–H and O–H groups in total. The molecule has 7 nitrogen and oxygen atoms in total. The van der Waals surface area contributed by atoms with Crippen molar-refractivity contribution in [3.05, 3.63) is 120 Å². The van der Waals surface area contributed by atoms with E-state index in [9.17, 15) is 14.7 Å². The van der Waals surface area contributed by atoms with E-state index in [2.05, 4.69) is 17.5 Å². The van der Waals surface area contributed by atoms with Crippen molar-refractivity contribution < 1.29 is 24.2 Å². The fourth-order valence-electron chi connectivity index (χ4n) is 6.91. The average Bonchev–Trinajstić information content (AvgIpc) is 3.99. The molecule has 2 amide bonds. The van der Waals surface area contributed by atoms with E-state index in [4.69, 9.17) is 9.47 Å². The van der Waals surface area contributed by atoms with Crippen LogP contribution in [0.1, 0.15) is 60.0 Å². The quantitative estimate of drug-likeness (QED) is 0.132. The van der Waals surface area contributed by atoms with Gasteiger partial charge in [0, 0.05) is 37.2 Å². The fraction of sp³-hybridized carbons (Fsp3) is 0.333. The Morgan fingerprint density at radius 3 is 2.08 bits per heavy atom. The highest BCUT2D eigenvalue weighted by molar-refractivity contribution is 6.04. The van der Waals surface area contributed by atoms with Crippen LogP contribution in [0.2, 0.25) is 0 Å². The Hall–Kier alpha value is -5.04. The first-order valence-electron chi connectivity index (χ1n) is 17.5. The Morgan fingerprint density at radius 2 is 1.45 bits per heavy atom. The summed E-state index contributed by atoms with van der Waals surface area (Å²) < 4.78 is 12.3. The first-order valence-corrected chi connectivity index (χ1v) is 17.5. The molecule has 0 aromatic heterocycles. The number of carbonyl (C=O) groups is 2. The Kier molecular flexibility index (Phi) is 9.69. The number of rotatable bonds is 10. The molecule has 0 bridgehead atoms. The topological polar surface area (TPSA) is 88.1 Å². The van der Waals surface area contributed by atoms with E-state index in [1.807, 2.05) is 65.6 Å². The Bertz CT molecular complexity index is 1790. The van der Waals surface area contributed by atoms with E-state index in [1.54, 1.807) is 37.3 Å². The van der Waals surface area contributed by atoms with Crippen LogP contribution in [0.5, 0.6) is 17.2 Å². The van der Waals surface area contributed by atoms with Gasteiger partial charge in [0.2, 0.25) is 5.91 Å². The summed E-state index contributed by atoms with van der Waals surface area (Å²) in [5.74, 6) is 3.55. The SMILES string of the molecule is Cc1cc(NC(=O)c2ccc(-c3ccc(OCc4ccc(OC5CCN(C(=O)C6C=CC(C7CC7)CC6)CC5)cc4)cc3)cc2)ccc1O. The van der Waals surface area contributed by atoms with Crippen LogP contribution in [-0.2, 0) is 11.4 Å². The minimum absolute atomic E-state index is 0.0581. The second-order valence-electron chi connectivity index (χ2n) is 13.7. The van der Waals surface area contributed by atoms with Gasteiger partial charge in [0.1, 0.15) is 30.0 Å². The summed E-state index contributed by atoms with van der Waals surface area (Å²) in [5, 5.41) is 12.6. The number of allylic oxidation sites excluding steroid dienone is 1.